The molecule has 5 heteroatoms. The van der Waals surface area contributed by atoms with Crippen molar-refractivity contribution in [2.75, 3.05) is 31.2 Å². The lowest BCUT2D eigenvalue weighted by molar-refractivity contribution is 0.0643. The minimum atomic E-state index is 0.0383. The van der Waals surface area contributed by atoms with Crippen LogP contribution in [0, 0.1) is 0 Å². The van der Waals surface area contributed by atoms with Crippen LogP contribution in [0.3, 0.4) is 0 Å². The Morgan fingerprint density at radius 2 is 2.21 bits per heavy atom. The summed E-state index contributed by atoms with van der Waals surface area (Å²) in [7, 11) is 0. The third kappa shape index (κ3) is 3.27. The summed E-state index contributed by atoms with van der Waals surface area (Å²) in [5.41, 5.74) is 1.28. The van der Waals surface area contributed by atoms with Crippen LogP contribution in [0.25, 0.3) is 0 Å². The number of nitrogens with one attached hydrogen (secondary N) is 1. The van der Waals surface area contributed by atoms with Gasteiger partial charge in [0.15, 0.2) is 5.13 Å². The molecule has 108 valence electrons. The molecule has 1 fully saturated rings. The molecule has 0 saturated carbocycles. The molecule has 1 aliphatic heterocycles. The number of aromatic nitrogens is 1. The maximum Gasteiger partial charge on any atom is 0.186 e. The fourth-order valence-electron chi connectivity index (χ4n) is 2.35. The van der Waals surface area contributed by atoms with E-state index in [2.05, 4.69) is 37.9 Å². The lowest BCUT2D eigenvalue weighted by Crippen LogP contribution is -2.53. The van der Waals surface area contributed by atoms with Crippen molar-refractivity contribution in [3.8, 4) is 0 Å². The van der Waals surface area contributed by atoms with Gasteiger partial charge in [-0.2, -0.15) is 0 Å². The Labute approximate surface area is 120 Å². The third-order valence-corrected chi connectivity index (χ3v) is 4.63. The van der Waals surface area contributed by atoms with Gasteiger partial charge >= 0.3 is 0 Å². The van der Waals surface area contributed by atoms with Crippen LogP contribution in [0.5, 0.6) is 0 Å². The third-order valence-electron chi connectivity index (χ3n) is 3.51. The van der Waals surface area contributed by atoms with Crippen LogP contribution in [0.4, 0.5) is 5.13 Å². The van der Waals surface area contributed by atoms with Crippen LogP contribution >= 0.6 is 11.3 Å². The molecular weight excluding hydrogens is 258 g/mol. The second-order valence-corrected chi connectivity index (χ2v) is 6.58. The summed E-state index contributed by atoms with van der Waals surface area (Å²) in [6, 6.07) is 0. The van der Waals surface area contributed by atoms with E-state index in [0.29, 0.717) is 0 Å². The highest BCUT2D eigenvalue weighted by atomic mass is 32.1. The number of ether oxygens (including phenoxy) is 1. The first-order valence-corrected chi connectivity index (χ1v) is 7.94. The quantitative estimate of drug-likeness (QED) is 0.900. The van der Waals surface area contributed by atoms with Crippen LogP contribution in [-0.2, 0) is 17.7 Å². The smallest absolute Gasteiger partial charge is 0.186 e. The van der Waals surface area contributed by atoms with Gasteiger partial charge in [-0.3, -0.25) is 0 Å². The maximum atomic E-state index is 5.59. The van der Waals surface area contributed by atoms with Crippen LogP contribution in [0.2, 0.25) is 0 Å². The van der Waals surface area contributed by atoms with Crippen LogP contribution < -0.4 is 10.2 Å². The average Bonchev–Trinajstić information content (AvgIpc) is 2.78. The van der Waals surface area contributed by atoms with Gasteiger partial charge in [0, 0.05) is 18.0 Å². The van der Waals surface area contributed by atoms with E-state index in [1.165, 1.54) is 10.6 Å². The average molecular weight is 283 g/mol. The summed E-state index contributed by atoms with van der Waals surface area (Å²) >= 11 is 1.83. The molecule has 4 nitrogen and oxygen atoms in total. The number of rotatable bonds is 5. The van der Waals surface area contributed by atoms with E-state index < -0.39 is 0 Å². The second-order valence-electron chi connectivity index (χ2n) is 5.52. The largest absolute Gasteiger partial charge is 0.377 e. The lowest BCUT2D eigenvalue weighted by Gasteiger charge is -2.42. The molecule has 0 aliphatic carbocycles. The van der Waals surface area contributed by atoms with E-state index in [1.54, 1.807) is 0 Å². The van der Waals surface area contributed by atoms with Gasteiger partial charge in [0.25, 0.3) is 0 Å². The van der Waals surface area contributed by atoms with E-state index in [9.17, 15) is 0 Å². The summed E-state index contributed by atoms with van der Waals surface area (Å²) < 4.78 is 5.59. The van der Waals surface area contributed by atoms with E-state index in [0.717, 1.165) is 44.4 Å². The highest BCUT2D eigenvalue weighted by Gasteiger charge is 2.32. The number of thiazole rings is 1. The van der Waals surface area contributed by atoms with Crippen molar-refractivity contribution in [3.63, 3.8) is 0 Å². The van der Waals surface area contributed by atoms with Crippen molar-refractivity contribution in [2.24, 2.45) is 0 Å². The number of nitrogens with zero attached hydrogens (tertiary/aromatic N) is 2. The first-order valence-electron chi connectivity index (χ1n) is 7.13. The van der Waals surface area contributed by atoms with Crippen LogP contribution in [-0.4, -0.2) is 36.8 Å². The Bertz CT molecular complexity index is 417. The topological polar surface area (TPSA) is 37.4 Å². The van der Waals surface area contributed by atoms with Crippen molar-refractivity contribution in [1.29, 1.82) is 0 Å². The Kier molecular flexibility index (Phi) is 4.81. The molecule has 1 saturated heterocycles. The molecule has 0 radical (unpaired) electrons. The van der Waals surface area contributed by atoms with E-state index in [1.807, 2.05) is 11.3 Å². The normalized spacial score (nSPS) is 18.8. The minimum Gasteiger partial charge on any atom is -0.377 e. The Balaban J connectivity index is 2.21. The van der Waals surface area contributed by atoms with Gasteiger partial charge in [0.1, 0.15) is 0 Å². The highest BCUT2D eigenvalue weighted by Crippen LogP contribution is 2.32. The standard InChI is InChI=1S/C14H25N3OS/c1-5-11-12(9-15-6-2)19-13(16-11)17-7-8-18-10-14(17,3)4/h15H,5-10H2,1-4H3. The van der Waals surface area contributed by atoms with Crippen molar-refractivity contribution in [3.05, 3.63) is 10.6 Å². The number of anilines is 1. The van der Waals surface area contributed by atoms with Gasteiger partial charge in [-0.05, 0) is 26.8 Å². The summed E-state index contributed by atoms with van der Waals surface area (Å²) in [6.07, 6.45) is 1.00. The van der Waals surface area contributed by atoms with Gasteiger partial charge in [0.05, 0.1) is 24.4 Å². The predicted octanol–water partition coefficient (Wildman–Crippen LogP) is 2.43. The molecule has 0 atom stereocenters. The number of hydrogen-bond donors (Lipinski definition) is 1. The van der Waals surface area contributed by atoms with Crippen molar-refractivity contribution >= 4 is 16.5 Å². The molecule has 2 heterocycles. The van der Waals surface area contributed by atoms with Crippen LogP contribution in [0.1, 0.15) is 38.3 Å². The fraction of sp³-hybridized carbons (Fsp3) is 0.786. The molecule has 1 aliphatic rings. The Morgan fingerprint density at radius 1 is 1.42 bits per heavy atom. The van der Waals surface area contributed by atoms with Gasteiger partial charge < -0.3 is 15.0 Å². The highest BCUT2D eigenvalue weighted by molar-refractivity contribution is 7.15. The summed E-state index contributed by atoms with van der Waals surface area (Å²) in [5.74, 6) is 0. The number of hydrogen-bond acceptors (Lipinski definition) is 5. The second kappa shape index (κ2) is 6.20. The zero-order valence-corrected chi connectivity index (χ0v) is 13.3. The molecule has 0 spiro atoms. The van der Waals surface area contributed by atoms with Crippen molar-refractivity contribution < 1.29 is 4.74 Å². The van der Waals surface area contributed by atoms with Gasteiger partial charge in [-0.1, -0.05) is 13.8 Å². The summed E-state index contributed by atoms with van der Waals surface area (Å²) in [5, 5.41) is 4.55. The zero-order chi connectivity index (χ0) is 13.9. The SMILES string of the molecule is CCNCc1sc(N2CCOCC2(C)C)nc1CC. The molecule has 19 heavy (non-hydrogen) atoms. The van der Waals surface area contributed by atoms with Crippen molar-refractivity contribution in [1.82, 2.24) is 10.3 Å². The van der Waals surface area contributed by atoms with E-state index >= 15 is 0 Å². The molecule has 1 aromatic rings. The molecule has 0 aromatic carbocycles. The lowest BCUT2D eigenvalue weighted by atomic mass is 10.0. The zero-order valence-electron chi connectivity index (χ0n) is 12.5. The molecule has 2 rings (SSSR count). The first-order chi connectivity index (χ1) is 9.08. The Morgan fingerprint density at radius 3 is 2.84 bits per heavy atom. The van der Waals surface area contributed by atoms with Gasteiger partial charge in [0.2, 0.25) is 0 Å². The van der Waals surface area contributed by atoms with Crippen LogP contribution in [0.15, 0.2) is 0 Å². The number of morpholine rings is 1. The van der Waals surface area contributed by atoms with E-state index in [-0.39, 0.29) is 5.54 Å². The minimum absolute atomic E-state index is 0.0383. The molecule has 1 N–H and O–H groups in total. The number of aryl methyl sites for hydroxylation is 1. The maximum absolute atomic E-state index is 5.59. The van der Waals surface area contributed by atoms with Crippen molar-refractivity contribution in [2.45, 2.75) is 46.2 Å². The van der Waals surface area contributed by atoms with Gasteiger partial charge in [-0.15, -0.1) is 11.3 Å². The molecule has 0 amide bonds. The molecule has 0 unspecified atom stereocenters. The van der Waals surface area contributed by atoms with Gasteiger partial charge in [-0.25, -0.2) is 4.98 Å². The molecular formula is C14H25N3OS. The summed E-state index contributed by atoms with van der Waals surface area (Å²) in [4.78, 5) is 8.62. The van der Waals surface area contributed by atoms with E-state index in [4.69, 9.17) is 9.72 Å². The first kappa shape index (κ1) is 14.8. The molecule has 1 aromatic heterocycles. The predicted molar refractivity (Wildman–Crippen MR) is 81.1 cm³/mol. The monoisotopic (exact) mass is 283 g/mol. The summed E-state index contributed by atoms with van der Waals surface area (Å²) in [6.45, 7) is 13.2. The fourth-order valence-corrected chi connectivity index (χ4v) is 3.66. The Hall–Kier alpha value is -0.650. The molecule has 0 bridgehead atoms.